The van der Waals surface area contributed by atoms with Crippen LogP contribution in [0.1, 0.15) is 5.56 Å². The second kappa shape index (κ2) is 4.06. The molecular weight excluding hydrogens is 225 g/mol. The molecule has 0 amide bonds. The molecule has 1 aromatic heterocycles. The average molecular weight is 239 g/mol. The van der Waals surface area contributed by atoms with Crippen molar-refractivity contribution in [1.82, 2.24) is 4.34 Å². The molecule has 0 aliphatic carbocycles. The lowest BCUT2D eigenvalue weighted by molar-refractivity contribution is 0.268. The van der Waals surface area contributed by atoms with E-state index in [0.29, 0.717) is 0 Å². The lowest BCUT2D eigenvalue weighted by Crippen LogP contribution is -1.99. The van der Waals surface area contributed by atoms with Gasteiger partial charge in [0.05, 0.1) is 5.52 Å². The predicted octanol–water partition coefficient (Wildman–Crippen LogP) is 3.20. The van der Waals surface area contributed by atoms with E-state index in [2.05, 4.69) is 0 Å². The number of aryl methyl sites for hydroxylation is 1. The Morgan fingerprint density at radius 1 is 1.19 bits per heavy atom. The molecule has 0 radical (unpaired) electrons. The third kappa shape index (κ3) is 1.59. The van der Waals surface area contributed by atoms with Crippen molar-refractivity contribution in [2.75, 3.05) is 14.2 Å². The summed E-state index contributed by atoms with van der Waals surface area (Å²) in [6.07, 6.45) is 1.79. The molecule has 2 rings (SSSR count). The SMILES string of the molecule is COP(=O)(OC)n1cc(C)c2ccccc21. The quantitative estimate of drug-likeness (QED) is 0.772. The molecule has 0 fully saturated rings. The lowest BCUT2D eigenvalue weighted by Gasteiger charge is -2.15. The normalized spacial score (nSPS) is 12.2. The van der Waals surface area contributed by atoms with E-state index < -0.39 is 7.75 Å². The van der Waals surface area contributed by atoms with E-state index in [1.54, 1.807) is 10.5 Å². The number of nitrogens with zero attached hydrogens (tertiary/aromatic N) is 1. The van der Waals surface area contributed by atoms with Gasteiger partial charge in [0.2, 0.25) is 0 Å². The summed E-state index contributed by atoms with van der Waals surface area (Å²) in [5.74, 6) is 0. The van der Waals surface area contributed by atoms with Gasteiger partial charge >= 0.3 is 7.75 Å². The highest BCUT2D eigenvalue weighted by Gasteiger charge is 2.26. The van der Waals surface area contributed by atoms with Gasteiger partial charge in [-0.05, 0) is 18.6 Å². The van der Waals surface area contributed by atoms with Gasteiger partial charge in [-0.25, -0.2) is 4.57 Å². The number of para-hydroxylation sites is 1. The number of aromatic nitrogens is 1. The van der Waals surface area contributed by atoms with Crippen LogP contribution in [0.2, 0.25) is 0 Å². The summed E-state index contributed by atoms with van der Waals surface area (Å²) in [6.45, 7) is 1.97. The average Bonchev–Trinajstić information content (AvgIpc) is 2.67. The summed E-state index contributed by atoms with van der Waals surface area (Å²) in [5, 5.41) is 1.05. The van der Waals surface area contributed by atoms with Gasteiger partial charge in [0.25, 0.3) is 0 Å². The Labute approximate surface area is 94.4 Å². The number of benzene rings is 1. The molecule has 1 aromatic carbocycles. The standard InChI is InChI=1S/C11H14NO3P/c1-9-8-12(16(13,14-2)15-3)11-7-5-4-6-10(9)11/h4-8H,1-3H3. The predicted molar refractivity (Wildman–Crippen MR) is 63.7 cm³/mol. The van der Waals surface area contributed by atoms with Crippen molar-refractivity contribution in [3.05, 3.63) is 36.0 Å². The second-order valence-electron chi connectivity index (χ2n) is 3.51. The molecule has 86 valence electrons. The maximum Gasteiger partial charge on any atom is 0.438 e. The minimum absolute atomic E-state index is 0.854. The van der Waals surface area contributed by atoms with Gasteiger partial charge in [-0.3, -0.25) is 13.4 Å². The van der Waals surface area contributed by atoms with Crippen LogP contribution in [0.25, 0.3) is 10.9 Å². The summed E-state index contributed by atoms with van der Waals surface area (Å²) in [4.78, 5) is 0. The number of rotatable bonds is 3. The van der Waals surface area contributed by atoms with Crippen molar-refractivity contribution in [2.45, 2.75) is 6.92 Å². The highest BCUT2D eigenvalue weighted by Crippen LogP contribution is 2.50. The summed E-state index contributed by atoms with van der Waals surface area (Å²) >= 11 is 0. The van der Waals surface area contributed by atoms with Crippen LogP contribution in [-0.2, 0) is 13.6 Å². The zero-order chi connectivity index (χ0) is 11.8. The minimum Gasteiger partial charge on any atom is -0.295 e. The highest BCUT2D eigenvalue weighted by molar-refractivity contribution is 7.52. The molecule has 0 saturated heterocycles. The van der Waals surface area contributed by atoms with Crippen molar-refractivity contribution in [3.8, 4) is 0 Å². The summed E-state index contributed by atoms with van der Waals surface area (Å²) in [6, 6.07) is 7.72. The largest absolute Gasteiger partial charge is 0.438 e. The van der Waals surface area contributed by atoms with Crippen LogP contribution in [0.3, 0.4) is 0 Å². The first-order chi connectivity index (χ1) is 7.62. The maximum absolute atomic E-state index is 12.3. The summed E-state index contributed by atoms with van der Waals surface area (Å²) < 4.78 is 23.8. The Morgan fingerprint density at radius 3 is 2.44 bits per heavy atom. The third-order valence-corrected chi connectivity index (χ3v) is 4.40. The molecule has 16 heavy (non-hydrogen) atoms. The molecule has 0 N–H and O–H groups in total. The Hall–Kier alpha value is -1.09. The molecule has 2 aromatic rings. The minimum atomic E-state index is -3.24. The summed E-state index contributed by atoms with van der Waals surface area (Å²) in [5.41, 5.74) is 1.90. The molecular formula is C11H14NO3P. The maximum atomic E-state index is 12.3. The van der Waals surface area contributed by atoms with E-state index in [-0.39, 0.29) is 0 Å². The van der Waals surface area contributed by atoms with E-state index in [1.807, 2.05) is 31.2 Å². The second-order valence-corrected chi connectivity index (χ2v) is 5.61. The molecule has 0 spiro atoms. The Bertz CT molecular complexity index is 553. The number of hydrogen-bond donors (Lipinski definition) is 0. The van der Waals surface area contributed by atoms with E-state index in [9.17, 15) is 4.57 Å². The fourth-order valence-electron chi connectivity index (χ4n) is 1.78. The first-order valence-corrected chi connectivity index (χ1v) is 6.41. The smallest absolute Gasteiger partial charge is 0.295 e. The van der Waals surface area contributed by atoms with E-state index >= 15 is 0 Å². The van der Waals surface area contributed by atoms with Crippen molar-refractivity contribution >= 4 is 18.6 Å². The first kappa shape index (κ1) is 11.4. The van der Waals surface area contributed by atoms with Crippen LogP contribution in [0.4, 0.5) is 0 Å². The highest BCUT2D eigenvalue weighted by atomic mass is 31.2. The molecule has 0 saturated carbocycles. The number of fused-ring (bicyclic) bond motifs is 1. The molecule has 0 atom stereocenters. The fraction of sp³-hybridized carbons (Fsp3) is 0.273. The van der Waals surface area contributed by atoms with Crippen molar-refractivity contribution < 1.29 is 13.6 Å². The topological polar surface area (TPSA) is 40.5 Å². The van der Waals surface area contributed by atoms with Gasteiger partial charge in [0.15, 0.2) is 0 Å². The van der Waals surface area contributed by atoms with Crippen LogP contribution >= 0.6 is 7.75 Å². The molecule has 5 heteroatoms. The fourth-order valence-corrected chi connectivity index (χ4v) is 3.04. The van der Waals surface area contributed by atoms with E-state index in [1.165, 1.54) is 14.2 Å². The Balaban J connectivity index is 2.75. The van der Waals surface area contributed by atoms with E-state index in [0.717, 1.165) is 16.5 Å². The first-order valence-electron chi connectivity index (χ1n) is 4.91. The molecule has 0 aliphatic heterocycles. The van der Waals surface area contributed by atoms with Gasteiger partial charge < -0.3 is 0 Å². The molecule has 1 heterocycles. The molecule has 0 bridgehead atoms. The number of hydrogen-bond acceptors (Lipinski definition) is 3. The third-order valence-electron chi connectivity index (χ3n) is 2.62. The van der Waals surface area contributed by atoms with Crippen LogP contribution in [-0.4, -0.2) is 18.6 Å². The van der Waals surface area contributed by atoms with Gasteiger partial charge in [-0.15, -0.1) is 0 Å². The molecule has 0 unspecified atom stereocenters. The monoisotopic (exact) mass is 239 g/mol. The van der Waals surface area contributed by atoms with Crippen LogP contribution < -0.4 is 0 Å². The van der Waals surface area contributed by atoms with E-state index in [4.69, 9.17) is 9.05 Å². The van der Waals surface area contributed by atoms with Crippen molar-refractivity contribution in [2.24, 2.45) is 0 Å². The van der Waals surface area contributed by atoms with Crippen molar-refractivity contribution in [1.29, 1.82) is 0 Å². The van der Waals surface area contributed by atoms with Gasteiger partial charge in [-0.1, -0.05) is 18.2 Å². The Kier molecular flexibility index (Phi) is 2.89. The van der Waals surface area contributed by atoms with Crippen molar-refractivity contribution in [3.63, 3.8) is 0 Å². The zero-order valence-corrected chi connectivity index (χ0v) is 10.4. The Morgan fingerprint density at radius 2 is 1.81 bits per heavy atom. The van der Waals surface area contributed by atoms with Crippen LogP contribution in [0, 0.1) is 6.92 Å². The zero-order valence-electron chi connectivity index (χ0n) is 9.51. The van der Waals surface area contributed by atoms with Gasteiger partial charge in [0.1, 0.15) is 0 Å². The van der Waals surface area contributed by atoms with Crippen LogP contribution in [0.15, 0.2) is 30.5 Å². The molecule has 0 aliphatic rings. The van der Waals surface area contributed by atoms with Gasteiger partial charge in [-0.2, -0.15) is 0 Å². The molecule has 4 nitrogen and oxygen atoms in total. The summed E-state index contributed by atoms with van der Waals surface area (Å²) in [7, 11) is -0.475. The van der Waals surface area contributed by atoms with Crippen LogP contribution in [0.5, 0.6) is 0 Å². The lowest BCUT2D eigenvalue weighted by atomic mass is 10.2. The van der Waals surface area contributed by atoms with Gasteiger partial charge in [0, 0.05) is 25.8 Å².